The Labute approximate surface area is 186 Å². The smallest absolute Gasteiger partial charge is 0.261 e. The van der Waals surface area contributed by atoms with E-state index in [4.69, 9.17) is 11.6 Å². The Kier molecular flexibility index (Phi) is 6.38. The molecule has 9 heteroatoms. The summed E-state index contributed by atoms with van der Waals surface area (Å²) in [7, 11) is -3.89. The number of anilines is 2. The van der Waals surface area contributed by atoms with Crippen molar-refractivity contribution in [2.24, 2.45) is 0 Å². The maximum Gasteiger partial charge on any atom is 0.261 e. The highest BCUT2D eigenvalue weighted by Crippen LogP contribution is 2.25. The van der Waals surface area contributed by atoms with E-state index in [1.165, 1.54) is 31.7 Å². The Balaban J connectivity index is 1.47. The van der Waals surface area contributed by atoms with Gasteiger partial charge in [0.05, 0.1) is 15.6 Å². The van der Waals surface area contributed by atoms with Crippen LogP contribution in [-0.2, 0) is 10.0 Å². The number of nitrogens with one attached hydrogen (secondary N) is 1. The van der Waals surface area contributed by atoms with E-state index in [0.29, 0.717) is 11.4 Å². The molecule has 0 unspecified atom stereocenters. The summed E-state index contributed by atoms with van der Waals surface area (Å²) in [6.07, 6.45) is 4.86. The van der Waals surface area contributed by atoms with E-state index in [9.17, 15) is 12.8 Å². The van der Waals surface area contributed by atoms with Gasteiger partial charge in [-0.1, -0.05) is 36.6 Å². The van der Waals surface area contributed by atoms with Gasteiger partial charge < -0.3 is 4.90 Å². The number of halogens is 2. The van der Waals surface area contributed by atoms with E-state index >= 15 is 0 Å². The van der Waals surface area contributed by atoms with Crippen LogP contribution in [0.15, 0.2) is 59.5 Å². The zero-order valence-electron chi connectivity index (χ0n) is 16.8. The van der Waals surface area contributed by atoms with Crippen LogP contribution in [0.4, 0.5) is 15.9 Å². The van der Waals surface area contributed by atoms with Gasteiger partial charge >= 0.3 is 0 Å². The van der Waals surface area contributed by atoms with Gasteiger partial charge in [0, 0.05) is 24.3 Å². The van der Waals surface area contributed by atoms with E-state index in [1.807, 2.05) is 12.1 Å². The standard InChI is InChI=1S/C22H22ClFN4O2S/c23-19-15-18(9-10-20(19)24)31(29,30)27-17-7-5-16(6-8-17)21-11-12-22(26-25-21)28-13-3-1-2-4-14-28/h5-12,15,27H,1-4,13-14H2. The molecule has 0 aliphatic carbocycles. The summed E-state index contributed by atoms with van der Waals surface area (Å²) < 4.78 is 40.8. The van der Waals surface area contributed by atoms with Gasteiger partial charge in [0.2, 0.25) is 0 Å². The maximum absolute atomic E-state index is 13.3. The molecule has 3 aromatic rings. The number of sulfonamides is 1. The molecule has 1 fully saturated rings. The topological polar surface area (TPSA) is 75.2 Å². The third-order valence-corrected chi connectivity index (χ3v) is 6.88. The van der Waals surface area contributed by atoms with Crippen LogP contribution in [0.1, 0.15) is 25.7 Å². The molecule has 0 amide bonds. The average molecular weight is 461 g/mol. The Hall–Kier alpha value is -2.71. The molecule has 31 heavy (non-hydrogen) atoms. The van der Waals surface area contributed by atoms with Gasteiger partial charge in [-0.15, -0.1) is 10.2 Å². The van der Waals surface area contributed by atoms with Crippen molar-refractivity contribution in [2.75, 3.05) is 22.7 Å². The fraction of sp³-hybridized carbons (Fsp3) is 0.273. The molecule has 1 aromatic heterocycles. The maximum atomic E-state index is 13.3. The van der Waals surface area contributed by atoms with Crippen molar-refractivity contribution < 1.29 is 12.8 Å². The lowest BCUT2D eigenvalue weighted by Gasteiger charge is -2.20. The highest BCUT2D eigenvalue weighted by Gasteiger charge is 2.16. The van der Waals surface area contributed by atoms with E-state index in [0.717, 1.165) is 36.6 Å². The Bertz CT molecular complexity index is 1150. The molecule has 0 atom stereocenters. The molecule has 162 valence electrons. The van der Waals surface area contributed by atoms with E-state index in [-0.39, 0.29) is 9.92 Å². The largest absolute Gasteiger partial charge is 0.355 e. The summed E-state index contributed by atoms with van der Waals surface area (Å²) in [5.41, 5.74) is 1.90. The number of aromatic nitrogens is 2. The lowest BCUT2D eigenvalue weighted by Crippen LogP contribution is -2.25. The van der Waals surface area contributed by atoms with E-state index < -0.39 is 15.8 Å². The number of rotatable bonds is 5. The predicted octanol–water partition coefficient (Wildman–Crippen LogP) is 5.12. The zero-order chi connectivity index (χ0) is 21.8. The van der Waals surface area contributed by atoms with Crippen LogP contribution in [-0.4, -0.2) is 31.7 Å². The van der Waals surface area contributed by atoms with Crippen molar-refractivity contribution in [1.82, 2.24) is 10.2 Å². The molecule has 4 rings (SSSR count). The molecule has 2 aromatic carbocycles. The summed E-state index contributed by atoms with van der Waals surface area (Å²) in [6, 6.07) is 14.0. The summed E-state index contributed by atoms with van der Waals surface area (Å²) in [5, 5.41) is 8.47. The van der Waals surface area contributed by atoms with Crippen molar-refractivity contribution in [3.63, 3.8) is 0 Å². The second-order valence-electron chi connectivity index (χ2n) is 7.44. The third-order valence-electron chi connectivity index (χ3n) is 5.21. The van der Waals surface area contributed by atoms with Crippen LogP contribution >= 0.6 is 11.6 Å². The number of nitrogens with zero attached hydrogens (tertiary/aromatic N) is 3. The normalized spacial score (nSPS) is 14.8. The predicted molar refractivity (Wildman–Crippen MR) is 120 cm³/mol. The molecule has 1 saturated heterocycles. The lowest BCUT2D eigenvalue weighted by atomic mass is 10.1. The summed E-state index contributed by atoms with van der Waals surface area (Å²) in [4.78, 5) is 2.15. The second-order valence-corrected chi connectivity index (χ2v) is 9.53. The molecule has 0 bridgehead atoms. The first-order valence-electron chi connectivity index (χ1n) is 10.1. The third kappa shape index (κ3) is 5.14. The number of hydrogen-bond donors (Lipinski definition) is 1. The first-order chi connectivity index (χ1) is 14.9. The SMILES string of the molecule is O=S(=O)(Nc1ccc(-c2ccc(N3CCCCCC3)nn2)cc1)c1ccc(F)c(Cl)c1. The molecule has 1 aliphatic rings. The molecular weight excluding hydrogens is 439 g/mol. The molecule has 1 aliphatic heterocycles. The van der Waals surface area contributed by atoms with E-state index in [1.54, 1.807) is 24.3 Å². The van der Waals surface area contributed by atoms with Crippen LogP contribution in [0.25, 0.3) is 11.3 Å². The summed E-state index contributed by atoms with van der Waals surface area (Å²) in [6.45, 7) is 2.00. The van der Waals surface area contributed by atoms with Crippen LogP contribution in [0, 0.1) is 5.82 Å². The van der Waals surface area contributed by atoms with Gasteiger partial charge in [0.15, 0.2) is 5.82 Å². The van der Waals surface area contributed by atoms with Crippen LogP contribution in [0.2, 0.25) is 5.02 Å². The lowest BCUT2D eigenvalue weighted by molar-refractivity contribution is 0.599. The van der Waals surface area contributed by atoms with Gasteiger partial charge in [-0.25, -0.2) is 12.8 Å². The highest BCUT2D eigenvalue weighted by molar-refractivity contribution is 7.92. The number of benzene rings is 2. The first kappa shape index (κ1) is 21.5. The minimum atomic E-state index is -3.89. The van der Waals surface area contributed by atoms with Gasteiger partial charge in [0.1, 0.15) is 5.82 Å². The molecule has 1 N–H and O–H groups in total. The van der Waals surface area contributed by atoms with Gasteiger partial charge in [0.25, 0.3) is 10.0 Å². The summed E-state index contributed by atoms with van der Waals surface area (Å²) in [5.74, 6) is 0.209. The molecule has 0 radical (unpaired) electrons. The fourth-order valence-corrected chi connectivity index (χ4v) is 4.84. The minimum absolute atomic E-state index is 0.113. The molecular formula is C22H22ClFN4O2S. The molecule has 2 heterocycles. The Morgan fingerprint density at radius 1 is 0.903 bits per heavy atom. The van der Waals surface area contributed by atoms with Crippen molar-refractivity contribution in [3.05, 3.63) is 65.4 Å². The quantitative estimate of drug-likeness (QED) is 0.572. The van der Waals surface area contributed by atoms with E-state index in [2.05, 4.69) is 19.8 Å². The minimum Gasteiger partial charge on any atom is -0.355 e. The van der Waals surface area contributed by atoms with Crippen molar-refractivity contribution in [1.29, 1.82) is 0 Å². The average Bonchev–Trinajstić information content (AvgIpc) is 3.06. The fourth-order valence-electron chi connectivity index (χ4n) is 3.51. The Morgan fingerprint density at radius 2 is 1.61 bits per heavy atom. The van der Waals surface area contributed by atoms with Crippen LogP contribution in [0.5, 0.6) is 0 Å². The Morgan fingerprint density at radius 3 is 2.23 bits per heavy atom. The second kappa shape index (κ2) is 9.20. The van der Waals surface area contributed by atoms with Gasteiger partial charge in [-0.05, 0) is 55.3 Å². The zero-order valence-corrected chi connectivity index (χ0v) is 18.3. The van der Waals surface area contributed by atoms with Crippen molar-refractivity contribution in [2.45, 2.75) is 30.6 Å². The highest BCUT2D eigenvalue weighted by atomic mass is 35.5. The number of hydrogen-bond acceptors (Lipinski definition) is 5. The van der Waals surface area contributed by atoms with Crippen molar-refractivity contribution in [3.8, 4) is 11.3 Å². The first-order valence-corrected chi connectivity index (χ1v) is 12.0. The van der Waals surface area contributed by atoms with Crippen LogP contribution < -0.4 is 9.62 Å². The van der Waals surface area contributed by atoms with Gasteiger partial charge in [-0.2, -0.15) is 0 Å². The molecule has 0 spiro atoms. The summed E-state index contributed by atoms with van der Waals surface area (Å²) >= 11 is 5.70. The monoisotopic (exact) mass is 460 g/mol. The van der Waals surface area contributed by atoms with Crippen molar-refractivity contribution >= 4 is 33.1 Å². The van der Waals surface area contributed by atoms with Gasteiger partial charge in [-0.3, -0.25) is 4.72 Å². The molecule has 0 saturated carbocycles. The molecule has 6 nitrogen and oxygen atoms in total. The van der Waals surface area contributed by atoms with Crippen LogP contribution in [0.3, 0.4) is 0 Å².